The fraction of sp³-hybridized carbons (Fsp3) is 1.00. The summed E-state index contributed by atoms with van der Waals surface area (Å²) in [6.07, 6.45) is -5.46. The Labute approximate surface area is 95.8 Å². The minimum Gasteiger partial charge on any atom is -0.372 e. The molecular formula is C8H8F8O2. The highest BCUT2D eigenvalue weighted by Crippen LogP contribution is 2.48. The number of hydrogen-bond donors (Lipinski definition) is 0. The molecule has 1 rings (SSSR count). The van der Waals surface area contributed by atoms with E-state index in [1.807, 2.05) is 0 Å². The Bertz CT molecular complexity index is 289. The van der Waals surface area contributed by atoms with E-state index in [4.69, 9.17) is 0 Å². The van der Waals surface area contributed by atoms with Crippen molar-refractivity contribution in [2.45, 2.75) is 30.3 Å². The molecule has 0 aromatic heterocycles. The van der Waals surface area contributed by atoms with Gasteiger partial charge in [0.25, 0.3) is 0 Å². The zero-order chi connectivity index (χ0) is 14.2. The molecule has 108 valence electrons. The van der Waals surface area contributed by atoms with Crippen LogP contribution >= 0.6 is 0 Å². The summed E-state index contributed by atoms with van der Waals surface area (Å²) in [4.78, 5) is 0. The van der Waals surface area contributed by atoms with E-state index in [2.05, 4.69) is 9.47 Å². The number of alkyl halides is 8. The molecule has 0 unspecified atom stereocenters. The fourth-order valence-corrected chi connectivity index (χ4v) is 0.954. The van der Waals surface area contributed by atoms with Crippen LogP contribution in [0.15, 0.2) is 0 Å². The maximum Gasteiger partial charge on any atom is 0.380 e. The normalized spacial score (nSPS) is 21.5. The molecule has 0 radical (unpaired) electrons. The molecule has 0 amide bonds. The van der Waals surface area contributed by atoms with Crippen molar-refractivity contribution in [2.24, 2.45) is 0 Å². The second-order valence-corrected chi connectivity index (χ2v) is 3.67. The van der Waals surface area contributed by atoms with Gasteiger partial charge in [0.1, 0.15) is 12.7 Å². The van der Waals surface area contributed by atoms with Gasteiger partial charge >= 0.3 is 24.2 Å². The summed E-state index contributed by atoms with van der Waals surface area (Å²) >= 11 is 0. The first-order valence-corrected chi connectivity index (χ1v) is 4.63. The number of epoxide rings is 1. The fourth-order valence-electron chi connectivity index (χ4n) is 0.954. The molecule has 0 bridgehead atoms. The van der Waals surface area contributed by atoms with E-state index in [-0.39, 0.29) is 6.61 Å². The van der Waals surface area contributed by atoms with Crippen molar-refractivity contribution in [2.75, 3.05) is 19.8 Å². The first kappa shape index (κ1) is 15.4. The van der Waals surface area contributed by atoms with Gasteiger partial charge < -0.3 is 9.47 Å². The maximum atomic E-state index is 12.8. The Kier molecular flexibility index (Phi) is 4.11. The van der Waals surface area contributed by atoms with Crippen LogP contribution < -0.4 is 0 Å². The minimum atomic E-state index is -6.21. The van der Waals surface area contributed by atoms with Gasteiger partial charge in [-0.2, -0.15) is 26.3 Å². The van der Waals surface area contributed by atoms with E-state index in [1.165, 1.54) is 0 Å². The molecule has 1 fully saturated rings. The second kappa shape index (κ2) is 4.80. The molecule has 0 N–H and O–H groups in total. The van der Waals surface area contributed by atoms with Crippen LogP contribution in [0.4, 0.5) is 35.1 Å². The monoisotopic (exact) mass is 288 g/mol. The van der Waals surface area contributed by atoms with Crippen LogP contribution in [0.2, 0.25) is 0 Å². The third kappa shape index (κ3) is 2.85. The van der Waals surface area contributed by atoms with Gasteiger partial charge in [-0.1, -0.05) is 0 Å². The minimum absolute atomic E-state index is 0.176. The van der Waals surface area contributed by atoms with Crippen molar-refractivity contribution in [1.29, 1.82) is 0 Å². The molecule has 0 aromatic rings. The van der Waals surface area contributed by atoms with Crippen molar-refractivity contribution in [1.82, 2.24) is 0 Å². The quantitative estimate of drug-likeness (QED) is 0.530. The summed E-state index contributed by atoms with van der Waals surface area (Å²) in [5, 5.41) is 0. The van der Waals surface area contributed by atoms with Gasteiger partial charge in [-0.25, -0.2) is 8.78 Å². The lowest BCUT2D eigenvalue weighted by Gasteiger charge is -2.31. The molecule has 1 heterocycles. The summed E-state index contributed by atoms with van der Waals surface area (Å²) in [5.41, 5.74) is 0. The summed E-state index contributed by atoms with van der Waals surface area (Å²) in [6.45, 7) is -2.41. The van der Waals surface area contributed by atoms with Gasteiger partial charge in [-0.3, -0.25) is 0 Å². The SMILES string of the molecule is FC(F)C(F)(F)C(F)(F)C(F)(F)COC[C@@H]1CO1. The van der Waals surface area contributed by atoms with E-state index in [0.717, 1.165) is 0 Å². The molecule has 1 aliphatic rings. The summed E-state index contributed by atoms with van der Waals surface area (Å²) < 4.78 is 108. The maximum absolute atomic E-state index is 12.8. The van der Waals surface area contributed by atoms with Crippen molar-refractivity contribution in [3.8, 4) is 0 Å². The van der Waals surface area contributed by atoms with Crippen LogP contribution in [-0.4, -0.2) is 50.1 Å². The highest BCUT2D eigenvalue weighted by molar-refractivity contribution is 4.97. The zero-order valence-corrected chi connectivity index (χ0v) is 8.62. The third-order valence-corrected chi connectivity index (χ3v) is 2.14. The Morgan fingerprint density at radius 2 is 1.61 bits per heavy atom. The molecule has 1 saturated heterocycles. The summed E-state index contributed by atoms with van der Waals surface area (Å²) in [7, 11) is 0. The second-order valence-electron chi connectivity index (χ2n) is 3.67. The van der Waals surface area contributed by atoms with Crippen LogP contribution in [0.5, 0.6) is 0 Å². The first-order valence-electron chi connectivity index (χ1n) is 4.63. The lowest BCUT2D eigenvalue weighted by molar-refractivity contribution is -0.346. The lowest BCUT2D eigenvalue weighted by Crippen LogP contribution is -2.59. The van der Waals surface area contributed by atoms with Crippen LogP contribution in [0, 0.1) is 0 Å². The molecule has 1 aliphatic heterocycles. The van der Waals surface area contributed by atoms with Crippen LogP contribution in [0.1, 0.15) is 0 Å². The highest BCUT2D eigenvalue weighted by Gasteiger charge is 2.75. The van der Waals surface area contributed by atoms with Gasteiger partial charge in [0.05, 0.1) is 13.2 Å². The number of halogens is 8. The Morgan fingerprint density at radius 1 is 1.11 bits per heavy atom. The Morgan fingerprint density at radius 3 is 2.00 bits per heavy atom. The van der Waals surface area contributed by atoms with E-state index >= 15 is 0 Å². The zero-order valence-electron chi connectivity index (χ0n) is 8.62. The van der Waals surface area contributed by atoms with Crippen molar-refractivity contribution in [3.63, 3.8) is 0 Å². The van der Waals surface area contributed by atoms with E-state index in [9.17, 15) is 35.1 Å². The topological polar surface area (TPSA) is 21.8 Å². The molecule has 0 saturated carbocycles. The van der Waals surface area contributed by atoms with Gasteiger partial charge in [-0.15, -0.1) is 0 Å². The predicted molar refractivity (Wildman–Crippen MR) is 41.4 cm³/mol. The Hall–Kier alpha value is -0.640. The number of rotatable bonds is 7. The van der Waals surface area contributed by atoms with Gasteiger partial charge in [-0.05, 0) is 0 Å². The smallest absolute Gasteiger partial charge is 0.372 e. The lowest BCUT2D eigenvalue weighted by atomic mass is 10.1. The van der Waals surface area contributed by atoms with E-state index in [0.29, 0.717) is 0 Å². The molecular weight excluding hydrogens is 280 g/mol. The average Bonchev–Trinajstić information content (AvgIpc) is 3.00. The van der Waals surface area contributed by atoms with Crippen LogP contribution in [0.25, 0.3) is 0 Å². The molecule has 10 heteroatoms. The molecule has 0 aromatic carbocycles. The molecule has 0 spiro atoms. The van der Waals surface area contributed by atoms with Crippen LogP contribution in [-0.2, 0) is 9.47 Å². The van der Waals surface area contributed by atoms with Gasteiger partial charge in [0.2, 0.25) is 0 Å². The summed E-state index contributed by atoms with van der Waals surface area (Å²) in [6, 6.07) is 0. The third-order valence-electron chi connectivity index (χ3n) is 2.14. The van der Waals surface area contributed by atoms with Crippen LogP contribution in [0.3, 0.4) is 0 Å². The van der Waals surface area contributed by atoms with Gasteiger partial charge in [0, 0.05) is 0 Å². The number of ether oxygens (including phenoxy) is 2. The molecule has 18 heavy (non-hydrogen) atoms. The van der Waals surface area contributed by atoms with Gasteiger partial charge in [0.15, 0.2) is 0 Å². The molecule has 2 nitrogen and oxygen atoms in total. The van der Waals surface area contributed by atoms with E-state index < -0.39 is 43.5 Å². The standard InChI is InChI=1S/C8H8F8O2/c9-5(10)7(13,14)8(15,16)6(11,12)3-17-1-4-2-18-4/h4-5H,1-3H2/t4-/m1/s1. The molecule has 0 aliphatic carbocycles. The highest BCUT2D eigenvalue weighted by atomic mass is 19.4. The number of hydrogen-bond acceptors (Lipinski definition) is 2. The Balaban J connectivity index is 2.66. The summed E-state index contributed by atoms with van der Waals surface area (Å²) in [5.74, 6) is -17.8. The first-order chi connectivity index (χ1) is 8.02. The van der Waals surface area contributed by atoms with Crippen molar-refractivity contribution >= 4 is 0 Å². The van der Waals surface area contributed by atoms with Crippen molar-refractivity contribution < 1.29 is 44.6 Å². The predicted octanol–water partition coefficient (Wildman–Crippen LogP) is 2.57. The molecule has 1 atom stereocenters. The van der Waals surface area contributed by atoms with Crippen molar-refractivity contribution in [3.05, 3.63) is 0 Å². The van der Waals surface area contributed by atoms with E-state index in [1.54, 1.807) is 0 Å². The largest absolute Gasteiger partial charge is 0.380 e. The average molecular weight is 288 g/mol.